The molecule has 0 amide bonds. The van der Waals surface area contributed by atoms with Crippen molar-refractivity contribution >= 4 is 5.96 Å². The third-order valence-corrected chi connectivity index (χ3v) is 4.75. The van der Waals surface area contributed by atoms with Crippen molar-refractivity contribution in [3.63, 3.8) is 0 Å². The zero-order chi connectivity index (χ0) is 20.6. The van der Waals surface area contributed by atoms with Crippen LogP contribution in [0.25, 0.3) is 0 Å². The van der Waals surface area contributed by atoms with Crippen LogP contribution in [0.3, 0.4) is 0 Å². The zero-order valence-corrected chi connectivity index (χ0v) is 17.6. The average molecular weight is 402 g/mol. The van der Waals surface area contributed by atoms with Crippen LogP contribution in [0.4, 0.5) is 0 Å². The van der Waals surface area contributed by atoms with Crippen LogP contribution in [-0.2, 0) is 30.9 Å². The Kier molecular flexibility index (Phi) is 7.29. The highest BCUT2D eigenvalue weighted by Gasteiger charge is 2.22. The van der Waals surface area contributed by atoms with Crippen molar-refractivity contribution in [2.24, 2.45) is 4.99 Å². The number of aryl methyl sites for hydroxylation is 1. The topological polar surface area (TPSA) is 94.8 Å². The van der Waals surface area contributed by atoms with Crippen molar-refractivity contribution in [1.82, 2.24) is 25.4 Å². The van der Waals surface area contributed by atoms with E-state index in [4.69, 9.17) is 19.2 Å². The van der Waals surface area contributed by atoms with Gasteiger partial charge in [0.1, 0.15) is 12.4 Å². The number of ether oxygens (including phenoxy) is 3. The molecule has 29 heavy (non-hydrogen) atoms. The van der Waals surface area contributed by atoms with Gasteiger partial charge in [-0.2, -0.15) is 5.10 Å². The fraction of sp³-hybridized carbons (Fsp3) is 0.550. The maximum Gasteiger partial charge on any atom is 0.191 e. The third-order valence-electron chi connectivity index (χ3n) is 4.75. The molecule has 0 saturated carbocycles. The Balaban J connectivity index is 1.69. The Morgan fingerprint density at radius 3 is 2.86 bits per heavy atom. The molecule has 1 aromatic carbocycles. The molecule has 9 nitrogen and oxygen atoms in total. The predicted octanol–water partition coefficient (Wildman–Crippen LogP) is 1.51. The Labute approximate surface area is 171 Å². The van der Waals surface area contributed by atoms with Crippen LogP contribution in [0.15, 0.2) is 23.2 Å². The van der Waals surface area contributed by atoms with Crippen molar-refractivity contribution in [3.8, 4) is 11.5 Å². The first kappa shape index (κ1) is 20.9. The number of benzene rings is 1. The van der Waals surface area contributed by atoms with Gasteiger partial charge in [0.25, 0.3) is 0 Å². The summed E-state index contributed by atoms with van der Waals surface area (Å²) in [6.45, 7) is 4.50. The predicted molar refractivity (Wildman–Crippen MR) is 110 cm³/mol. The van der Waals surface area contributed by atoms with Gasteiger partial charge in [-0.15, -0.1) is 0 Å². The van der Waals surface area contributed by atoms with E-state index in [2.05, 4.69) is 27.6 Å². The standard InChI is InChI=1S/C20H30N6O3/c1-5-21-20(22-11-14-7-6-8-16(28-3)19(14)29-4)23-15-9-10-18-24-17(13-27-2)25-26(18)12-15/h6-8,15H,5,9-13H2,1-4H3,(H2,21,22,23). The number of nitrogens with zero attached hydrogens (tertiary/aromatic N) is 4. The molecule has 9 heteroatoms. The molecule has 0 spiro atoms. The minimum Gasteiger partial charge on any atom is -0.493 e. The van der Waals surface area contributed by atoms with Gasteiger partial charge in [0.05, 0.1) is 27.3 Å². The molecule has 1 aliphatic rings. The molecule has 1 unspecified atom stereocenters. The largest absolute Gasteiger partial charge is 0.493 e. The van der Waals surface area contributed by atoms with E-state index in [-0.39, 0.29) is 6.04 Å². The normalized spacial score (nSPS) is 16.3. The van der Waals surface area contributed by atoms with Crippen LogP contribution >= 0.6 is 0 Å². The lowest BCUT2D eigenvalue weighted by Crippen LogP contribution is -2.47. The number of hydrogen-bond acceptors (Lipinski definition) is 6. The average Bonchev–Trinajstić information content (AvgIpc) is 3.13. The molecule has 1 atom stereocenters. The monoisotopic (exact) mass is 402 g/mol. The molecule has 0 radical (unpaired) electrons. The number of hydrogen-bond donors (Lipinski definition) is 2. The lowest BCUT2D eigenvalue weighted by molar-refractivity contribution is 0.177. The van der Waals surface area contributed by atoms with E-state index in [9.17, 15) is 0 Å². The van der Waals surface area contributed by atoms with E-state index in [1.54, 1.807) is 21.3 Å². The van der Waals surface area contributed by atoms with Gasteiger partial charge >= 0.3 is 0 Å². The first-order chi connectivity index (χ1) is 14.2. The Hall–Kier alpha value is -2.81. The van der Waals surface area contributed by atoms with Crippen LogP contribution in [-0.4, -0.2) is 54.6 Å². The molecular weight excluding hydrogens is 372 g/mol. The summed E-state index contributed by atoms with van der Waals surface area (Å²) in [6, 6.07) is 6.04. The summed E-state index contributed by atoms with van der Waals surface area (Å²) in [4.78, 5) is 9.28. The summed E-state index contributed by atoms with van der Waals surface area (Å²) in [6.07, 6.45) is 1.84. The summed E-state index contributed by atoms with van der Waals surface area (Å²) >= 11 is 0. The van der Waals surface area contributed by atoms with E-state index in [0.29, 0.717) is 24.7 Å². The van der Waals surface area contributed by atoms with Gasteiger partial charge in [-0.3, -0.25) is 0 Å². The summed E-state index contributed by atoms with van der Waals surface area (Å²) in [5, 5.41) is 11.4. The second kappa shape index (κ2) is 10.1. The SMILES string of the molecule is CCNC(=NCc1cccc(OC)c1OC)NC1CCc2nc(COC)nn2C1. The number of fused-ring (bicyclic) bond motifs is 1. The fourth-order valence-electron chi connectivity index (χ4n) is 3.42. The van der Waals surface area contributed by atoms with Crippen molar-refractivity contribution in [2.75, 3.05) is 27.9 Å². The van der Waals surface area contributed by atoms with Gasteiger partial charge in [0.15, 0.2) is 23.3 Å². The molecule has 3 rings (SSSR count). The molecule has 2 N–H and O–H groups in total. The summed E-state index contributed by atoms with van der Waals surface area (Å²) in [5.41, 5.74) is 0.968. The van der Waals surface area contributed by atoms with Crippen LogP contribution < -0.4 is 20.1 Å². The molecule has 0 bridgehead atoms. The summed E-state index contributed by atoms with van der Waals surface area (Å²) < 4.78 is 18.0. The number of aliphatic imine (C=N–C) groups is 1. The number of aromatic nitrogens is 3. The van der Waals surface area contributed by atoms with Crippen LogP contribution in [0, 0.1) is 0 Å². The summed E-state index contributed by atoms with van der Waals surface area (Å²) in [5.74, 6) is 3.93. The molecule has 1 aliphatic heterocycles. The number of guanidine groups is 1. The first-order valence-corrected chi connectivity index (χ1v) is 9.84. The highest BCUT2D eigenvalue weighted by Crippen LogP contribution is 2.31. The quantitative estimate of drug-likeness (QED) is 0.510. The van der Waals surface area contributed by atoms with Gasteiger partial charge in [-0.25, -0.2) is 14.7 Å². The summed E-state index contributed by atoms with van der Waals surface area (Å²) in [7, 11) is 4.93. The number of nitrogens with one attached hydrogen (secondary N) is 2. The molecule has 2 aromatic rings. The maximum atomic E-state index is 5.51. The number of rotatable bonds is 8. The van der Waals surface area contributed by atoms with Crippen molar-refractivity contribution in [2.45, 2.75) is 45.5 Å². The van der Waals surface area contributed by atoms with E-state index < -0.39 is 0 Å². The van der Waals surface area contributed by atoms with E-state index in [1.807, 2.05) is 22.9 Å². The number of para-hydroxylation sites is 1. The van der Waals surface area contributed by atoms with Gasteiger partial charge < -0.3 is 24.8 Å². The van der Waals surface area contributed by atoms with Gasteiger partial charge in [-0.1, -0.05) is 12.1 Å². The highest BCUT2D eigenvalue weighted by atomic mass is 16.5. The van der Waals surface area contributed by atoms with E-state index in [1.165, 1.54) is 0 Å². The van der Waals surface area contributed by atoms with Crippen LogP contribution in [0.1, 0.15) is 30.6 Å². The maximum absolute atomic E-state index is 5.51. The minimum atomic E-state index is 0.226. The lowest BCUT2D eigenvalue weighted by atomic mass is 10.1. The van der Waals surface area contributed by atoms with Crippen LogP contribution in [0.2, 0.25) is 0 Å². The molecule has 158 valence electrons. The second-order valence-electron chi connectivity index (χ2n) is 6.79. The smallest absolute Gasteiger partial charge is 0.191 e. The van der Waals surface area contributed by atoms with Crippen molar-refractivity contribution < 1.29 is 14.2 Å². The lowest BCUT2D eigenvalue weighted by Gasteiger charge is -2.25. The third kappa shape index (κ3) is 5.17. The molecule has 0 saturated heterocycles. The Morgan fingerprint density at radius 1 is 1.28 bits per heavy atom. The van der Waals surface area contributed by atoms with Crippen molar-refractivity contribution in [1.29, 1.82) is 0 Å². The van der Waals surface area contributed by atoms with Crippen LogP contribution in [0.5, 0.6) is 11.5 Å². The number of methoxy groups -OCH3 is 3. The zero-order valence-electron chi connectivity index (χ0n) is 17.6. The van der Waals surface area contributed by atoms with Gasteiger partial charge in [0, 0.05) is 31.7 Å². The second-order valence-corrected chi connectivity index (χ2v) is 6.79. The first-order valence-electron chi connectivity index (χ1n) is 9.84. The molecule has 0 fully saturated rings. The minimum absolute atomic E-state index is 0.226. The highest BCUT2D eigenvalue weighted by molar-refractivity contribution is 5.80. The Morgan fingerprint density at radius 2 is 2.14 bits per heavy atom. The molecular formula is C20H30N6O3. The molecule has 0 aliphatic carbocycles. The van der Waals surface area contributed by atoms with Gasteiger partial charge in [-0.05, 0) is 19.4 Å². The van der Waals surface area contributed by atoms with E-state index in [0.717, 1.165) is 49.1 Å². The van der Waals surface area contributed by atoms with Gasteiger partial charge in [0.2, 0.25) is 0 Å². The fourth-order valence-corrected chi connectivity index (χ4v) is 3.42. The molecule has 1 aromatic heterocycles. The molecule has 2 heterocycles. The van der Waals surface area contributed by atoms with Crippen molar-refractivity contribution in [3.05, 3.63) is 35.4 Å². The Bertz CT molecular complexity index is 836. The van der Waals surface area contributed by atoms with E-state index >= 15 is 0 Å².